The third-order valence-corrected chi connectivity index (χ3v) is 2.99. The van der Waals surface area contributed by atoms with E-state index in [2.05, 4.69) is 4.74 Å². The fourth-order valence-corrected chi connectivity index (χ4v) is 1.73. The van der Waals surface area contributed by atoms with E-state index in [9.17, 15) is 33.6 Å². The molecule has 0 rings (SSSR count). The summed E-state index contributed by atoms with van der Waals surface area (Å²) in [5.74, 6) is -8.17. The third kappa shape index (κ3) is 30.5. The number of rotatable bonds is 12. The van der Waals surface area contributed by atoms with E-state index in [4.69, 9.17) is 30.6 Å². The number of aliphatic carboxylic acids is 6. The summed E-state index contributed by atoms with van der Waals surface area (Å²) in [6, 6.07) is 0. The number of hydrogen-bond acceptors (Lipinski definition) is 8. The molecule has 0 aromatic rings. The fourth-order valence-electron chi connectivity index (χ4n) is 1.73. The van der Waals surface area contributed by atoms with Gasteiger partial charge in [0.1, 0.15) is 0 Å². The van der Waals surface area contributed by atoms with Crippen LogP contribution >= 0.6 is 0 Å². The van der Waals surface area contributed by atoms with Crippen molar-refractivity contribution >= 4 is 41.8 Å². The van der Waals surface area contributed by atoms with Crippen molar-refractivity contribution in [3.05, 3.63) is 0 Å². The number of carboxylic acids is 6. The van der Waals surface area contributed by atoms with Crippen LogP contribution in [0.5, 0.6) is 0 Å². The molecule has 34 heavy (non-hydrogen) atoms. The average molecular weight is 498 g/mol. The lowest BCUT2D eigenvalue weighted by Crippen LogP contribution is -2.46. The molecule has 0 atom stereocenters. The van der Waals surface area contributed by atoms with Crippen LogP contribution in [0.1, 0.15) is 79.1 Å². The molecule has 198 valence electrons. The summed E-state index contributed by atoms with van der Waals surface area (Å²) in [5.41, 5.74) is -2.57. The lowest BCUT2D eigenvalue weighted by atomic mass is 9.95. The molecule has 0 saturated heterocycles. The molecule has 0 bridgehead atoms. The van der Waals surface area contributed by atoms with Crippen molar-refractivity contribution in [1.82, 2.24) is 0 Å². The van der Waals surface area contributed by atoms with Crippen LogP contribution in [0, 0.1) is 0 Å². The Kier molecular flexibility index (Phi) is 24.9. The first-order valence-electron chi connectivity index (χ1n) is 10.0. The Morgan fingerprint density at radius 2 is 0.824 bits per heavy atom. The van der Waals surface area contributed by atoms with E-state index in [0.717, 1.165) is 26.2 Å². The van der Waals surface area contributed by atoms with Crippen LogP contribution in [0.3, 0.4) is 0 Å². The molecule has 0 unspecified atom stereocenters. The first-order valence-corrected chi connectivity index (χ1v) is 10.0. The Morgan fingerprint density at radius 3 is 0.912 bits per heavy atom. The number of ether oxygens (including phenoxy) is 1. The van der Waals surface area contributed by atoms with Gasteiger partial charge in [0.05, 0.1) is 12.8 Å². The van der Waals surface area contributed by atoms with Gasteiger partial charge >= 0.3 is 41.8 Å². The van der Waals surface area contributed by atoms with Gasteiger partial charge in [0.25, 0.3) is 0 Å². The van der Waals surface area contributed by atoms with Gasteiger partial charge in [-0.05, 0) is 19.3 Å². The highest BCUT2D eigenvalue weighted by Crippen LogP contribution is 2.22. The molecule has 0 aromatic carbocycles. The third-order valence-electron chi connectivity index (χ3n) is 2.99. The number of carbonyl (C=O) groups is 7. The Balaban J connectivity index is -0.000000205. The van der Waals surface area contributed by atoms with Crippen molar-refractivity contribution in [2.24, 2.45) is 0 Å². The summed E-state index contributed by atoms with van der Waals surface area (Å²) in [5, 5.41) is 49.5. The smallest absolute Gasteiger partial charge is 0.349 e. The number of hydrogen-bond donors (Lipinski definition) is 6. The van der Waals surface area contributed by atoms with Crippen LogP contribution < -0.4 is 0 Å². The SMILES string of the molecule is CC(=O)OC(CC(=O)O)(CC(=O)O)C(=O)O.CCCC(=O)O.CCCC(=O)O.CCCC(=O)O. The maximum atomic E-state index is 10.8. The molecule has 6 N–H and O–H groups in total. The van der Waals surface area contributed by atoms with Gasteiger partial charge in [-0.3, -0.25) is 28.8 Å². The van der Waals surface area contributed by atoms with Crippen molar-refractivity contribution in [3.8, 4) is 0 Å². The van der Waals surface area contributed by atoms with Crippen LogP contribution in [0.25, 0.3) is 0 Å². The van der Waals surface area contributed by atoms with E-state index in [1.54, 1.807) is 0 Å². The highest BCUT2D eigenvalue weighted by atomic mass is 16.6. The van der Waals surface area contributed by atoms with Crippen LogP contribution in [0.15, 0.2) is 0 Å². The monoisotopic (exact) mass is 498 g/mol. The van der Waals surface area contributed by atoms with Crippen LogP contribution in [-0.4, -0.2) is 78.0 Å². The second-order valence-corrected chi connectivity index (χ2v) is 6.47. The first-order chi connectivity index (χ1) is 15.5. The molecule has 14 nitrogen and oxygen atoms in total. The molecule has 0 radical (unpaired) electrons. The zero-order chi connectivity index (χ0) is 27.9. The van der Waals surface area contributed by atoms with E-state index < -0.39 is 60.2 Å². The highest BCUT2D eigenvalue weighted by Gasteiger charge is 2.46. The maximum Gasteiger partial charge on any atom is 0.349 e. The van der Waals surface area contributed by atoms with Crippen LogP contribution in [-0.2, 0) is 38.3 Å². The Hall–Kier alpha value is -3.71. The van der Waals surface area contributed by atoms with Gasteiger partial charge < -0.3 is 35.4 Å². The average Bonchev–Trinajstić information content (AvgIpc) is 2.60. The van der Waals surface area contributed by atoms with E-state index in [-0.39, 0.29) is 0 Å². The van der Waals surface area contributed by atoms with E-state index >= 15 is 0 Å². The van der Waals surface area contributed by atoms with Crippen molar-refractivity contribution in [3.63, 3.8) is 0 Å². The quantitative estimate of drug-likeness (QED) is 0.210. The summed E-state index contributed by atoms with van der Waals surface area (Å²) in [4.78, 5) is 71.1. The summed E-state index contributed by atoms with van der Waals surface area (Å²) in [6.07, 6.45) is 0.836. The molecule has 0 aromatic heterocycles. The van der Waals surface area contributed by atoms with Gasteiger partial charge in [0, 0.05) is 26.2 Å². The zero-order valence-corrected chi connectivity index (χ0v) is 19.6. The molecule has 0 spiro atoms. The largest absolute Gasteiger partial charge is 0.481 e. The predicted molar refractivity (Wildman–Crippen MR) is 114 cm³/mol. The van der Waals surface area contributed by atoms with Gasteiger partial charge in [-0.2, -0.15) is 0 Å². The minimum Gasteiger partial charge on any atom is -0.481 e. The molecule has 0 amide bonds. The molecule has 0 saturated carbocycles. The molecular weight excluding hydrogens is 464 g/mol. The molecule has 0 aliphatic carbocycles. The van der Waals surface area contributed by atoms with Gasteiger partial charge in [0.2, 0.25) is 5.60 Å². The lowest BCUT2D eigenvalue weighted by molar-refractivity contribution is -0.184. The summed E-state index contributed by atoms with van der Waals surface area (Å²) >= 11 is 0. The van der Waals surface area contributed by atoms with E-state index in [1.807, 2.05) is 20.8 Å². The minimum atomic E-state index is -2.57. The van der Waals surface area contributed by atoms with Crippen molar-refractivity contribution in [2.75, 3.05) is 0 Å². The highest BCUT2D eigenvalue weighted by molar-refractivity contribution is 5.90. The first kappa shape index (κ1) is 37.6. The van der Waals surface area contributed by atoms with E-state index in [0.29, 0.717) is 19.3 Å². The molecule has 14 heteroatoms. The van der Waals surface area contributed by atoms with Gasteiger partial charge in [-0.1, -0.05) is 20.8 Å². The molecule has 0 aliphatic heterocycles. The summed E-state index contributed by atoms with van der Waals surface area (Å²) < 4.78 is 4.32. The van der Waals surface area contributed by atoms with Gasteiger partial charge in [-0.25, -0.2) is 4.79 Å². The normalized spacial score (nSPS) is 9.29. The van der Waals surface area contributed by atoms with Gasteiger partial charge in [0.15, 0.2) is 0 Å². The van der Waals surface area contributed by atoms with Crippen molar-refractivity contribution in [2.45, 2.75) is 84.7 Å². The Bertz CT molecular complexity index is 589. The topological polar surface area (TPSA) is 250 Å². The van der Waals surface area contributed by atoms with Crippen LogP contribution in [0.4, 0.5) is 0 Å². The maximum absolute atomic E-state index is 10.8. The number of esters is 1. The van der Waals surface area contributed by atoms with Crippen LogP contribution in [0.2, 0.25) is 0 Å². The summed E-state index contributed by atoms with van der Waals surface area (Å²) in [6.45, 7) is 6.39. The lowest BCUT2D eigenvalue weighted by Gasteiger charge is -2.25. The Labute approximate surface area is 196 Å². The minimum absolute atomic E-state index is 0.292. The molecule has 0 heterocycles. The van der Waals surface area contributed by atoms with E-state index in [1.165, 1.54) is 0 Å². The summed E-state index contributed by atoms with van der Waals surface area (Å²) in [7, 11) is 0. The Morgan fingerprint density at radius 1 is 0.559 bits per heavy atom. The molecule has 0 fully saturated rings. The standard InChI is InChI=1S/C8H10O8.3C4H8O2/c1-4(9)16-8(7(14)15,2-5(10)11)3-6(12)13;3*1-2-3-4(5)6/h2-3H2,1H3,(H,10,11)(H,12,13)(H,14,15);3*2-3H2,1H3,(H,5,6). The number of carbonyl (C=O) groups excluding carboxylic acids is 1. The second-order valence-electron chi connectivity index (χ2n) is 6.47. The zero-order valence-electron chi connectivity index (χ0n) is 19.6. The molecule has 0 aliphatic rings. The predicted octanol–water partition coefficient (Wildman–Crippen LogP) is 1.94. The fraction of sp³-hybridized carbons (Fsp3) is 0.650. The second kappa shape index (κ2) is 22.5. The molecular formula is C20H34O14. The van der Waals surface area contributed by atoms with Crippen molar-refractivity contribution < 1.29 is 68.9 Å². The van der Waals surface area contributed by atoms with Crippen molar-refractivity contribution in [1.29, 1.82) is 0 Å². The number of carboxylic acid groups (broad SMARTS) is 6. The van der Waals surface area contributed by atoms with Gasteiger partial charge in [-0.15, -0.1) is 0 Å².